The molecule has 0 amide bonds. The highest BCUT2D eigenvalue weighted by atomic mass is 32.2. The molecule has 0 saturated carbocycles. The molecular formula is C19H22N2S. The van der Waals surface area contributed by atoms with Crippen LogP contribution < -0.4 is 5.32 Å². The summed E-state index contributed by atoms with van der Waals surface area (Å²) < 4.78 is 0. The van der Waals surface area contributed by atoms with Crippen LogP contribution in [0.5, 0.6) is 0 Å². The molecule has 0 bridgehead atoms. The molecule has 0 saturated heterocycles. The Hall–Kier alpha value is -1.71. The van der Waals surface area contributed by atoms with E-state index in [1.165, 1.54) is 37.5 Å². The molecule has 0 radical (unpaired) electrons. The summed E-state index contributed by atoms with van der Waals surface area (Å²) in [4.78, 5) is 6.15. The maximum Gasteiger partial charge on any atom is 0.0467 e. The Kier molecular flexibility index (Phi) is 4.55. The third-order valence-corrected chi connectivity index (χ3v) is 5.18. The number of aromatic nitrogens is 1. The molecule has 0 atom stereocenters. The molecule has 2 nitrogen and oxygen atoms in total. The van der Waals surface area contributed by atoms with Gasteiger partial charge in [-0.2, -0.15) is 0 Å². The number of benzene rings is 2. The van der Waals surface area contributed by atoms with Gasteiger partial charge in [0.2, 0.25) is 0 Å². The number of nitrogens with one attached hydrogen (secondary N) is 2. The molecule has 1 aromatic heterocycles. The van der Waals surface area contributed by atoms with Crippen LogP contribution in [0.2, 0.25) is 0 Å². The van der Waals surface area contributed by atoms with Crippen molar-refractivity contribution in [2.75, 3.05) is 6.54 Å². The number of aromatic amines is 1. The second kappa shape index (κ2) is 6.59. The average Bonchev–Trinajstić information content (AvgIpc) is 2.83. The lowest BCUT2D eigenvalue weighted by molar-refractivity contribution is 0.717. The number of hydrogen-bond donors (Lipinski definition) is 2. The van der Waals surface area contributed by atoms with E-state index in [9.17, 15) is 0 Å². The first-order valence-electron chi connectivity index (χ1n) is 7.74. The van der Waals surface area contributed by atoms with E-state index in [4.69, 9.17) is 0 Å². The highest BCUT2D eigenvalue weighted by molar-refractivity contribution is 7.99. The lowest BCUT2D eigenvalue weighted by Crippen LogP contribution is -2.12. The summed E-state index contributed by atoms with van der Waals surface area (Å²) in [6, 6.07) is 15.2. The number of fused-ring (bicyclic) bond motifs is 1. The largest absolute Gasteiger partial charge is 0.358 e. The second-order valence-electron chi connectivity index (χ2n) is 5.62. The molecule has 0 fully saturated rings. The number of aryl methyl sites for hydroxylation is 2. The van der Waals surface area contributed by atoms with Crippen molar-refractivity contribution in [1.29, 1.82) is 0 Å². The fourth-order valence-electron chi connectivity index (χ4n) is 2.70. The van der Waals surface area contributed by atoms with Gasteiger partial charge in [0.15, 0.2) is 0 Å². The van der Waals surface area contributed by atoms with E-state index in [0.29, 0.717) is 0 Å². The first-order valence-corrected chi connectivity index (χ1v) is 8.56. The van der Waals surface area contributed by atoms with Crippen LogP contribution in [0.3, 0.4) is 0 Å². The van der Waals surface area contributed by atoms with Gasteiger partial charge in [0, 0.05) is 32.9 Å². The van der Waals surface area contributed by atoms with Gasteiger partial charge in [0.1, 0.15) is 0 Å². The van der Waals surface area contributed by atoms with Gasteiger partial charge in [-0.25, -0.2) is 0 Å². The Morgan fingerprint density at radius 1 is 1.09 bits per heavy atom. The van der Waals surface area contributed by atoms with Crippen molar-refractivity contribution in [3.05, 3.63) is 59.3 Å². The molecule has 1 heterocycles. The van der Waals surface area contributed by atoms with Crippen LogP contribution in [0, 0.1) is 13.8 Å². The molecular weight excluding hydrogens is 288 g/mol. The molecule has 0 aliphatic rings. The summed E-state index contributed by atoms with van der Waals surface area (Å²) in [5.41, 5.74) is 5.13. The molecule has 114 valence electrons. The minimum absolute atomic E-state index is 0.919. The van der Waals surface area contributed by atoms with Gasteiger partial charge in [-0.3, -0.25) is 0 Å². The Morgan fingerprint density at radius 3 is 2.73 bits per heavy atom. The average molecular weight is 310 g/mol. The fraction of sp³-hybridized carbons (Fsp3) is 0.263. The van der Waals surface area contributed by atoms with Crippen molar-refractivity contribution in [2.24, 2.45) is 0 Å². The highest BCUT2D eigenvalue weighted by Gasteiger charge is 2.12. The first kappa shape index (κ1) is 15.2. The molecule has 0 aliphatic carbocycles. The topological polar surface area (TPSA) is 27.8 Å². The van der Waals surface area contributed by atoms with Gasteiger partial charge in [0.25, 0.3) is 0 Å². The summed E-state index contributed by atoms with van der Waals surface area (Å²) >= 11 is 1.86. The minimum atomic E-state index is 0.919. The molecule has 22 heavy (non-hydrogen) atoms. The molecule has 3 heteroatoms. The van der Waals surface area contributed by atoms with Crippen molar-refractivity contribution in [2.45, 2.75) is 37.1 Å². The normalized spacial score (nSPS) is 11.2. The molecule has 3 aromatic rings. The van der Waals surface area contributed by atoms with Gasteiger partial charge in [-0.05, 0) is 38.1 Å². The van der Waals surface area contributed by atoms with Crippen LogP contribution in [0.15, 0.2) is 52.3 Å². The van der Waals surface area contributed by atoms with E-state index in [2.05, 4.69) is 73.5 Å². The quantitative estimate of drug-likeness (QED) is 0.690. The van der Waals surface area contributed by atoms with Crippen molar-refractivity contribution in [3.8, 4) is 0 Å². The van der Waals surface area contributed by atoms with Gasteiger partial charge in [-0.1, -0.05) is 54.6 Å². The zero-order valence-corrected chi connectivity index (χ0v) is 14.2. The second-order valence-corrected chi connectivity index (χ2v) is 6.67. The monoisotopic (exact) mass is 310 g/mol. The van der Waals surface area contributed by atoms with E-state index in [1.54, 1.807) is 0 Å². The predicted molar refractivity (Wildman–Crippen MR) is 95.7 cm³/mol. The number of H-pyrrole nitrogens is 1. The van der Waals surface area contributed by atoms with Crippen molar-refractivity contribution < 1.29 is 0 Å². The summed E-state index contributed by atoms with van der Waals surface area (Å²) in [7, 11) is 0. The highest BCUT2D eigenvalue weighted by Crippen LogP contribution is 2.38. The van der Waals surface area contributed by atoms with E-state index >= 15 is 0 Å². The standard InChI is InChI=1S/C19H22N2S/c1-4-20-12-15-11-13(2)9-10-18(15)22-19-14(3)21-17-8-6-5-7-16(17)19/h5-11,20-21H,4,12H2,1-3H3. The summed E-state index contributed by atoms with van der Waals surface area (Å²) in [5.74, 6) is 0. The Morgan fingerprint density at radius 2 is 1.91 bits per heavy atom. The maximum absolute atomic E-state index is 3.48. The summed E-state index contributed by atoms with van der Waals surface area (Å²) in [6.07, 6.45) is 0. The lowest BCUT2D eigenvalue weighted by atomic mass is 10.1. The summed E-state index contributed by atoms with van der Waals surface area (Å²) in [6.45, 7) is 8.36. The summed E-state index contributed by atoms with van der Waals surface area (Å²) in [5, 5.41) is 4.75. The van der Waals surface area contributed by atoms with E-state index in [-0.39, 0.29) is 0 Å². The van der Waals surface area contributed by atoms with Crippen molar-refractivity contribution in [1.82, 2.24) is 10.3 Å². The number of hydrogen-bond acceptors (Lipinski definition) is 2. The third kappa shape index (κ3) is 3.06. The SMILES string of the molecule is CCNCc1cc(C)ccc1Sc1c(C)[nH]c2ccccc12. The molecule has 0 spiro atoms. The van der Waals surface area contributed by atoms with Crippen LogP contribution in [0.25, 0.3) is 10.9 Å². The first-order chi connectivity index (χ1) is 10.7. The van der Waals surface area contributed by atoms with Crippen LogP contribution in [-0.2, 0) is 6.54 Å². The van der Waals surface area contributed by atoms with Gasteiger partial charge in [0.05, 0.1) is 0 Å². The molecule has 2 N–H and O–H groups in total. The minimum Gasteiger partial charge on any atom is -0.358 e. The van der Waals surface area contributed by atoms with Gasteiger partial charge < -0.3 is 10.3 Å². The Balaban J connectivity index is 1.99. The fourth-order valence-corrected chi connectivity index (χ4v) is 3.81. The predicted octanol–water partition coefficient (Wildman–Crippen LogP) is 5.05. The molecule has 2 aromatic carbocycles. The van der Waals surface area contributed by atoms with E-state index < -0.39 is 0 Å². The third-order valence-electron chi connectivity index (χ3n) is 3.83. The van der Waals surface area contributed by atoms with Crippen LogP contribution in [-0.4, -0.2) is 11.5 Å². The van der Waals surface area contributed by atoms with Crippen molar-refractivity contribution >= 4 is 22.7 Å². The zero-order valence-electron chi connectivity index (χ0n) is 13.4. The van der Waals surface area contributed by atoms with Gasteiger partial charge in [-0.15, -0.1) is 0 Å². The molecule has 0 aliphatic heterocycles. The van der Waals surface area contributed by atoms with Crippen LogP contribution in [0.4, 0.5) is 0 Å². The lowest BCUT2D eigenvalue weighted by Gasteiger charge is -2.11. The molecule has 3 rings (SSSR count). The van der Waals surface area contributed by atoms with E-state index in [1.807, 2.05) is 11.8 Å². The Labute approximate surface area is 136 Å². The molecule has 0 unspecified atom stereocenters. The Bertz CT molecular complexity index is 789. The van der Waals surface area contributed by atoms with E-state index in [0.717, 1.165) is 13.1 Å². The smallest absolute Gasteiger partial charge is 0.0467 e. The zero-order chi connectivity index (χ0) is 15.5. The van der Waals surface area contributed by atoms with Crippen molar-refractivity contribution in [3.63, 3.8) is 0 Å². The van der Waals surface area contributed by atoms with Crippen LogP contribution >= 0.6 is 11.8 Å². The van der Waals surface area contributed by atoms with Crippen LogP contribution in [0.1, 0.15) is 23.7 Å². The number of para-hydroxylation sites is 1. The maximum atomic E-state index is 3.48. The number of rotatable bonds is 5. The van der Waals surface area contributed by atoms with Gasteiger partial charge >= 0.3 is 0 Å².